The Kier molecular flexibility index (Phi) is 8.81. The van der Waals surface area contributed by atoms with Crippen LogP contribution < -0.4 is 10.1 Å². The number of amides is 1. The van der Waals surface area contributed by atoms with E-state index in [-0.39, 0.29) is 5.91 Å². The van der Waals surface area contributed by atoms with E-state index in [1.165, 1.54) is 19.3 Å². The summed E-state index contributed by atoms with van der Waals surface area (Å²) in [7, 11) is 0. The van der Waals surface area contributed by atoms with Gasteiger partial charge < -0.3 is 10.1 Å². The van der Waals surface area contributed by atoms with Crippen molar-refractivity contribution in [1.29, 1.82) is 0 Å². The minimum Gasteiger partial charge on any atom is -0.490 e. The molecule has 0 fully saturated rings. The standard InChI is InChI=1S/C26H27Cl2NO2/c1-2-3-4-5-9-16-31-25-23(27)17-21(18-24(25)28)26(30)29-22-14-12-20(13-15-22)19-10-7-6-8-11-19/h6-8,10-15,17-18H,2-5,9,16H2,1H3,(H,29,30). The van der Waals surface area contributed by atoms with Crippen LogP contribution >= 0.6 is 23.2 Å². The Hall–Kier alpha value is -2.49. The smallest absolute Gasteiger partial charge is 0.255 e. The summed E-state index contributed by atoms with van der Waals surface area (Å²) in [6, 6.07) is 21.0. The van der Waals surface area contributed by atoms with Crippen LogP contribution in [0.3, 0.4) is 0 Å². The first-order chi connectivity index (χ1) is 15.1. The molecule has 3 aromatic rings. The molecule has 0 radical (unpaired) electrons. The normalized spacial score (nSPS) is 10.7. The van der Waals surface area contributed by atoms with Gasteiger partial charge >= 0.3 is 0 Å². The summed E-state index contributed by atoms with van der Waals surface area (Å²) in [6.45, 7) is 2.75. The maximum atomic E-state index is 12.7. The Labute approximate surface area is 194 Å². The quantitative estimate of drug-likeness (QED) is 0.312. The van der Waals surface area contributed by atoms with Gasteiger partial charge in [-0.15, -0.1) is 0 Å². The van der Waals surface area contributed by atoms with E-state index in [1.54, 1.807) is 12.1 Å². The van der Waals surface area contributed by atoms with Gasteiger partial charge in [-0.3, -0.25) is 4.79 Å². The van der Waals surface area contributed by atoms with Crippen molar-refractivity contribution in [3.8, 4) is 16.9 Å². The van der Waals surface area contributed by atoms with Crippen LogP contribution in [0.15, 0.2) is 66.7 Å². The van der Waals surface area contributed by atoms with Gasteiger partial charge in [-0.1, -0.05) is 98.3 Å². The van der Waals surface area contributed by atoms with Gasteiger partial charge in [0, 0.05) is 11.3 Å². The summed E-state index contributed by atoms with van der Waals surface area (Å²) in [5.41, 5.74) is 3.29. The second-order valence-corrected chi connectivity index (χ2v) is 8.24. The molecule has 5 heteroatoms. The van der Waals surface area contributed by atoms with Crippen LogP contribution in [0.4, 0.5) is 5.69 Å². The molecule has 3 nitrogen and oxygen atoms in total. The first kappa shape index (κ1) is 23.2. The van der Waals surface area contributed by atoms with Crippen LogP contribution in [0.25, 0.3) is 11.1 Å². The number of nitrogens with one attached hydrogen (secondary N) is 1. The lowest BCUT2D eigenvalue weighted by molar-refractivity contribution is 0.102. The molecule has 3 aromatic carbocycles. The van der Waals surface area contributed by atoms with E-state index < -0.39 is 0 Å². The lowest BCUT2D eigenvalue weighted by atomic mass is 10.1. The van der Waals surface area contributed by atoms with Crippen LogP contribution in [0.1, 0.15) is 49.4 Å². The van der Waals surface area contributed by atoms with Crippen molar-refractivity contribution in [3.05, 3.63) is 82.3 Å². The SMILES string of the molecule is CCCCCCCOc1c(Cl)cc(C(=O)Nc2ccc(-c3ccccc3)cc2)cc1Cl. The van der Waals surface area contributed by atoms with Crippen molar-refractivity contribution in [2.24, 2.45) is 0 Å². The Morgan fingerprint density at radius 1 is 0.839 bits per heavy atom. The number of anilines is 1. The molecule has 0 aliphatic carbocycles. The fraction of sp³-hybridized carbons (Fsp3) is 0.269. The highest BCUT2D eigenvalue weighted by Crippen LogP contribution is 2.34. The minimum absolute atomic E-state index is 0.276. The summed E-state index contributed by atoms with van der Waals surface area (Å²) in [4.78, 5) is 12.7. The summed E-state index contributed by atoms with van der Waals surface area (Å²) in [6.07, 6.45) is 5.72. The number of hydrogen-bond donors (Lipinski definition) is 1. The van der Waals surface area contributed by atoms with Crippen LogP contribution in [0.2, 0.25) is 10.0 Å². The van der Waals surface area contributed by atoms with E-state index in [0.29, 0.717) is 33.7 Å². The van der Waals surface area contributed by atoms with E-state index in [1.807, 2.05) is 54.6 Å². The highest BCUT2D eigenvalue weighted by molar-refractivity contribution is 6.37. The Balaban J connectivity index is 1.60. The molecule has 0 aromatic heterocycles. The molecule has 3 rings (SSSR count). The van der Waals surface area contributed by atoms with E-state index in [2.05, 4.69) is 12.2 Å². The van der Waals surface area contributed by atoms with Gasteiger partial charge in [-0.05, 0) is 41.8 Å². The monoisotopic (exact) mass is 455 g/mol. The van der Waals surface area contributed by atoms with Gasteiger partial charge in [0.15, 0.2) is 5.75 Å². The molecule has 0 saturated heterocycles. The van der Waals surface area contributed by atoms with Crippen LogP contribution in [-0.2, 0) is 0 Å². The first-order valence-electron chi connectivity index (χ1n) is 10.7. The van der Waals surface area contributed by atoms with Crippen molar-refractivity contribution in [1.82, 2.24) is 0 Å². The largest absolute Gasteiger partial charge is 0.490 e. The second-order valence-electron chi connectivity index (χ2n) is 7.43. The number of benzene rings is 3. The van der Waals surface area contributed by atoms with Gasteiger partial charge in [0.05, 0.1) is 16.7 Å². The molecular formula is C26H27Cl2NO2. The van der Waals surface area contributed by atoms with Crippen molar-refractivity contribution in [3.63, 3.8) is 0 Å². The first-order valence-corrected chi connectivity index (χ1v) is 11.4. The number of carbonyl (C=O) groups is 1. The Morgan fingerprint density at radius 3 is 2.10 bits per heavy atom. The Bertz CT molecular complexity index is 965. The van der Waals surface area contributed by atoms with Crippen LogP contribution in [-0.4, -0.2) is 12.5 Å². The van der Waals surface area contributed by atoms with E-state index in [9.17, 15) is 4.79 Å². The molecule has 0 aliphatic heterocycles. The summed E-state index contributed by atoms with van der Waals surface area (Å²) >= 11 is 12.7. The number of ether oxygens (including phenoxy) is 1. The van der Waals surface area contributed by atoms with Gasteiger partial charge in [0.1, 0.15) is 0 Å². The van der Waals surface area contributed by atoms with Crippen LogP contribution in [0, 0.1) is 0 Å². The summed E-state index contributed by atoms with van der Waals surface area (Å²) in [5.74, 6) is 0.157. The molecule has 0 aliphatic rings. The molecule has 0 unspecified atom stereocenters. The zero-order valence-corrected chi connectivity index (χ0v) is 19.2. The Morgan fingerprint density at radius 2 is 1.45 bits per heavy atom. The number of carbonyl (C=O) groups excluding carboxylic acids is 1. The molecule has 0 spiro atoms. The summed E-state index contributed by atoms with van der Waals surface area (Å²) < 4.78 is 5.76. The van der Waals surface area contributed by atoms with Gasteiger partial charge in [0.2, 0.25) is 0 Å². The molecule has 1 N–H and O–H groups in total. The topological polar surface area (TPSA) is 38.3 Å². The lowest BCUT2D eigenvalue weighted by Crippen LogP contribution is -2.12. The number of rotatable bonds is 10. The fourth-order valence-corrected chi connectivity index (χ4v) is 3.88. The minimum atomic E-state index is -0.276. The average molecular weight is 456 g/mol. The highest BCUT2D eigenvalue weighted by atomic mass is 35.5. The molecule has 0 saturated carbocycles. The van der Waals surface area contributed by atoms with Crippen molar-refractivity contribution in [2.75, 3.05) is 11.9 Å². The van der Waals surface area contributed by atoms with Crippen molar-refractivity contribution < 1.29 is 9.53 Å². The number of unbranched alkanes of at least 4 members (excludes halogenated alkanes) is 4. The fourth-order valence-electron chi connectivity index (χ4n) is 3.29. The van der Waals surface area contributed by atoms with E-state index in [0.717, 1.165) is 24.0 Å². The predicted molar refractivity (Wildman–Crippen MR) is 131 cm³/mol. The number of halogens is 2. The maximum Gasteiger partial charge on any atom is 0.255 e. The molecule has 0 heterocycles. The molecule has 0 bridgehead atoms. The molecular weight excluding hydrogens is 429 g/mol. The van der Waals surface area contributed by atoms with Gasteiger partial charge in [-0.2, -0.15) is 0 Å². The van der Waals surface area contributed by atoms with Crippen LogP contribution in [0.5, 0.6) is 5.75 Å². The summed E-state index contributed by atoms with van der Waals surface area (Å²) in [5, 5.41) is 3.56. The molecule has 1 amide bonds. The van der Waals surface area contributed by atoms with Gasteiger partial charge in [-0.25, -0.2) is 0 Å². The molecule has 31 heavy (non-hydrogen) atoms. The third-order valence-corrected chi connectivity index (χ3v) is 5.57. The maximum absolute atomic E-state index is 12.7. The third-order valence-electron chi connectivity index (χ3n) is 5.00. The predicted octanol–water partition coefficient (Wildman–Crippen LogP) is 8.26. The average Bonchev–Trinajstić information content (AvgIpc) is 2.78. The molecule has 162 valence electrons. The number of hydrogen-bond acceptors (Lipinski definition) is 2. The highest BCUT2D eigenvalue weighted by Gasteiger charge is 2.14. The third kappa shape index (κ3) is 6.75. The van der Waals surface area contributed by atoms with Crippen molar-refractivity contribution >= 4 is 34.8 Å². The molecule has 0 atom stereocenters. The second kappa shape index (κ2) is 11.8. The zero-order valence-electron chi connectivity index (χ0n) is 17.7. The zero-order chi connectivity index (χ0) is 22.1. The van der Waals surface area contributed by atoms with Crippen molar-refractivity contribution in [2.45, 2.75) is 39.0 Å². The lowest BCUT2D eigenvalue weighted by Gasteiger charge is -2.12. The van der Waals surface area contributed by atoms with Gasteiger partial charge in [0.25, 0.3) is 5.91 Å². The van der Waals surface area contributed by atoms with E-state index in [4.69, 9.17) is 27.9 Å². The van der Waals surface area contributed by atoms with E-state index >= 15 is 0 Å².